The van der Waals surface area contributed by atoms with Gasteiger partial charge in [-0.25, -0.2) is 0 Å². The summed E-state index contributed by atoms with van der Waals surface area (Å²) in [5.41, 5.74) is 6.43. The van der Waals surface area contributed by atoms with Crippen LogP contribution in [0, 0.1) is 5.21 Å². The van der Waals surface area contributed by atoms with Crippen molar-refractivity contribution in [2.24, 2.45) is 5.73 Å². The molecule has 0 radical (unpaired) electrons. The van der Waals surface area contributed by atoms with E-state index in [9.17, 15) is 14.8 Å². The lowest BCUT2D eigenvalue weighted by molar-refractivity contribution is -0.118. The third kappa shape index (κ3) is 4.20. The number of fused-ring (bicyclic) bond motifs is 1. The number of pyridine rings is 1. The molecule has 1 aromatic carbocycles. The van der Waals surface area contributed by atoms with Crippen LogP contribution in [0.3, 0.4) is 0 Å². The van der Waals surface area contributed by atoms with Crippen LogP contribution < -0.4 is 20.3 Å². The van der Waals surface area contributed by atoms with Gasteiger partial charge >= 0.3 is 0 Å². The molecule has 0 saturated heterocycles. The predicted octanol–water partition coefficient (Wildman–Crippen LogP) is 3.33. The molecule has 0 spiro atoms. The lowest BCUT2D eigenvalue weighted by Crippen LogP contribution is -2.38. The minimum atomic E-state index is -1.12. The molecule has 2 aromatic rings. The standard InChI is InChI=1S/C23H26N3O5/c1-2-30-19-12-14(9-10-18(19)31-15-6-3-4-7-15)16(13-20(24)27)22-23(28)21-17(26(22)29)8-5-11-25-21/h5,8-12,15-16,22H,2-4,6-7,13H2,1H3,(H2,24,27)/q-1. The number of nitrogens with zero attached hydrogens (tertiary/aromatic N) is 2. The molecule has 1 fully saturated rings. The fraction of sp³-hybridized carbons (Fsp3) is 0.435. The van der Waals surface area contributed by atoms with Crippen molar-refractivity contribution in [3.8, 4) is 11.5 Å². The topological polar surface area (TPSA) is 118 Å². The zero-order valence-corrected chi connectivity index (χ0v) is 17.5. The summed E-state index contributed by atoms with van der Waals surface area (Å²) in [6, 6.07) is 7.35. The number of anilines is 1. The van der Waals surface area contributed by atoms with E-state index in [1.54, 1.807) is 30.3 Å². The molecular formula is C23H26N3O5-. The summed E-state index contributed by atoms with van der Waals surface area (Å²) in [5, 5.41) is 13.6. The maximum absolute atomic E-state index is 13.0. The van der Waals surface area contributed by atoms with Gasteiger partial charge in [0.25, 0.3) is 0 Å². The Balaban J connectivity index is 1.68. The molecule has 8 nitrogen and oxygen atoms in total. The van der Waals surface area contributed by atoms with E-state index in [1.165, 1.54) is 6.20 Å². The number of aromatic nitrogens is 1. The van der Waals surface area contributed by atoms with E-state index < -0.39 is 23.7 Å². The number of hydroxylamine groups is 1. The van der Waals surface area contributed by atoms with E-state index in [1.807, 2.05) is 6.92 Å². The Morgan fingerprint density at radius 1 is 1.29 bits per heavy atom. The summed E-state index contributed by atoms with van der Waals surface area (Å²) in [6.07, 6.45) is 5.77. The van der Waals surface area contributed by atoms with Gasteiger partial charge in [0.2, 0.25) is 11.7 Å². The second-order valence-electron chi connectivity index (χ2n) is 7.95. The molecule has 1 saturated carbocycles. The third-order valence-corrected chi connectivity index (χ3v) is 5.87. The molecule has 1 amide bonds. The second-order valence-corrected chi connectivity index (χ2v) is 7.95. The predicted molar refractivity (Wildman–Crippen MR) is 115 cm³/mol. The number of ether oxygens (including phenoxy) is 2. The van der Waals surface area contributed by atoms with Crippen LogP contribution in [0.5, 0.6) is 11.5 Å². The molecule has 1 aliphatic carbocycles. The third-order valence-electron chi connectivity index (χ3n) is 5.87. The maximum atomic E-state index is 13.0. The Hall–Kier alpha value is -3.13. The van der Waals surface area contributed by atoms with Crippen molar-refractivity contribution >= 4 is 17.4 Å². The van der Waals surface area contributed by atoms with Crippen LogP contribution in [0.1, 0.15) is 61.0 Å². The SMILES string of the molecule is CCOc1cc(C(CC(N)=O)C2C(=O)c3ncccc3N2[O-])ccc1OC1CCCC1. The normalized spacial score (nSPS) is 19.4. The Kier molecular flexibility index (Phi) is 6.08. The molecule has 2 atom stereocenters. The number of ketones is 1. The van der Waals surface area contributed by atoms with Crippen LogP contribution in [0.15, 0.2) is 36.5 Å². The highest BCUT2D eigenvalue weighted by atomic mass is 16.5. The van der Waals surface area contributed by atoms with Gasteiger partial charge in [0.05, 0.1) is 24.4 Å². The molecule has 1 aliphatic heterocycles. The van der Waals surface area contributed by atoms with Crippen LogP contribution in [0.25, 0.3) is 0 Å². The number of primary amides is 1. The molecule has 2 N–H and O–H groups in total. The summed E-state index contributed by atoms with van der Waals surface area (Å²) in [7, 11) is 0. The van der Waals surface area contributed by atoms with Crippen molar-refractivity contribution in [2.45, 2.75) is 57.1 Å². The summed E-state index contributed by atoms with van der Waals surface area (Å²) in [4.78, 5) is 28.9. The van der Waals surface area contributed by atoms with Gasteiger partial charge in [-0.1, -0.05) is 6.07 Å². The first-order valence-corrected chi connectivity index (χ1v) is 10.7. The van der Waals surface area contributed by atoms with Crippen LogP contribution in [0.2, 0.25) is 0 Å². The van der Waals surface area contributed by atoms with Gasteiger partial charge in [-0.05, 0) is 62.4 Å². The lowest BCUT2D eigenvalue weighted by atomic mass is 9.86. The van der Waals surface area contributed by atoms with Crippen LogP contribution in [-0.2, 0) is 4.79 Å². The van der Waals surface area contributed by atoms with Crippen LogP contribution >= 0.6 is 0 Å². The summed E-state index contributed by atoms with van der Waals surface area (Å²) >= 11 is 0. The number of amides is 1. The Bertz CT molecular complexity index is 973. The molecule has 8 heteroatoms. The molecule has 164 valence electrons. The number of Topliss-reactive ketones (excluding diaryl/α,β-unsaturated/α-hetero) is 1. The molecular weight excluding hydrogens is 398 g/mol. The number of hydrogen-bond acceptors (Lipinski definition) is 7. The number of rotatable bonds is 8. The maximum Gasteiger partial charge on any atom is 0.218 e. The number of carbonyl (C=O) groups excluding carboxylic acids is 2. The largest absolute Gasteiger partial charge is 0.758 e. The van der Waals surface area contributed by atoms with Crippen molar-refractivity contribution in [1.82, 2.24) is 4.98 Å². The summed E-state index contributed by atoms with van der Waals surface area (Å²) in [5.74, 6) is -0.603. The van der Waals surface area contributed by atoms with E-state index in [0.29, 0.717) is 28.7 Å². The van der Waals surface area contributed by atoms with Gasteiger partial charge in [-0.2, -0.15) is 0 Å². The van der Waals surface area contributed by atoms with Gasteiger partial charge in [-0.15, -0.1) is 0 Å². The fourth-order valence-corrected chi connectivity index (χ4v) is 4.44. The van der Waals surface area contributed by atoms with Crippen LogP contribution in [0.4, 0.5) is 5.69 Å². The second kappa shape index (κ2) is 8.93. The zero-order chi connectivity index (χ0) is 22.0. The monoisotopic (exact) mass is 424 g/mol. The van der Waals surface area contributed by atoms with Gasteiger partial charge in [0.15, 0.2) is 11.5 Å². The Morgan fingerprint density at radius 2 is 2.06 bits per heavy atom. The smallest absolute Gasteiger partial charge is 0.218 e. The summed E-state index contributed by atoms with van der Waals surface area (Å²) in [6.45, 7) is 2.30. The van der Waals surface area contributed by atoms with E-state index in [-0.39, 0.29) is 23.9 Å². The average molecular weight is 424 g/mol. The van der Waals surface area contributed by atoms with E-state index in [4.69, 9.17) is 15.2 Å². The Morgan fingerprint density at radius 3 is 2.74 bits per heavy atom. The molecule has 4 rings (SSSR count). The van der Waals surface area contributed by atoms with Gasteiger partial charge in [0, 0.05) is 18.5 Å². The fourth-order valence-electron chi connectivity index (χ4n) is 4.44. The lowest BCUT2D eigenvalue weighted by Gasteiger charge is -2.36. The minimum Gasteiger partial charge on any atom is -0.758 e. The van der Waals surface area contributed by atoms with Crippen LogP contribution in [-0.4, -0.2) is 35.4 Å². The van der Waals surface area contributed by atoms with Gasteiger partial charge in [-0.3, -0.25) is 14.6 Å². The molecule has 0 bridgehead atoms. The van der Waals surface area contributed by atoms with Crippen molar-refractivity contribution < 1.29 is 19.1 Å². The van der Waals surface area contributed by atoms with Crippen molar-refractivity contribution in [1.29, 1.82) is 0 Å². The molecule has 31 heavy (non-hydrogen) atoms. The number of benzene rings is 1. The van der Waals surface area contributed by atoms with Crippen molar-refractivity contribution in [3.05, 3.63) is 53.0 Å². The molecule has 2 unspecified atom stereocenters. The summed E-state index contributed by atoms with van der Waals surface area (Å²) < 4.78 is 11.9. The first kappa shape index (κ1) is 21.1. The molecule has 2 aliphatic rings. The van der Waals surface area contributed by atoms with Crippen molar-refractivity contribution in [2.75, 3.05) is 11.7 Å². The number of nitrogens with two attached hydrogens (primary N) is 1. The van der Waals surface area contributed by atoms with Crippen molar-refractivity contribution in [3.63, 3.8) is 0 Å². The number of carbonyl (C=O) groups is 2. The van der Waals surface area contributed by atoms with E-state index in [0.717, 1.165) is 25.7 Å². The quantitative estimate of drug-likeness (QED) is 0.690. The van der Waals surface area contributed by atoms with Gasteiger partial charge < -0.3 is 25.5 Å². The minimum absolute atomic E-state index is 0.114. The molecule has 2 heterocycles. The number of hydrogen-bond donors (Lipinski definition) is 1. The zero-order valence-electron chi connectivity index (χ0n) is 17.5. The van der Waals surface area contributed by atoms with E-state index >= 15 is 0 Å². The highest BCUT2D eigenvalue weighted by Crippen LogP contribution is 2.41. The Labute approximate surface area is 180 Å². The first-order valence-electron chi connectivity index (χ1n) is 10.7. The average Bonchev–Trinajstić information content (AvgIpc) is 3.35. The highest BCUT2D eigenvalue weighted by Gasteiger charge is 2.40. The van der Waals surface area contributed by atoms with E-state index in [2.05, 4.69) is 4.98 Å². The molecule has 1 aromatic heterocycles. The first-order chi connectivity index (χ1) is 15.0. The highest BCUT2D eigenvalue weighted by molar-refractivity contribution is 6.10. The van der Waals surface area contributed by atoms with Gasteiger partial charge in [0.1, 0.15) is 5.69 Å².